The van der Waals surface area contributed by atoms with E-state index in [0.29, 0.717) is 12.1 Å². The van der Waals surface area contributed by atoms with Crippen LogP contribution in [0.3, 0.4) is 0 Å². The van der Waals surface area contributed by atoms with Gasteiger partial charge in [-0.05, 0) is 49.9 Å². The lowest BCUT2D eigenvalue weighted by Crippen LogP contribution is -2.40. The Morgan fingerprint density at radius 2 is 1.79 bits per heavy atom. The Morgan fingerprint density at radius 3 is 2.32 bits per heavy atom. The molecule has 0 saturated heterocycles. The van der Waals surface area contributed by atoms with Crippen molar-refractivity contribution in [3.8, 4) is 5.75 Å². The van der Waals surface area contributed by atoms with Crippen molar-refractivity contribution in [1.82, 2.24) is 4.90 Å². The molecule has 0 bridgehead atoms. The number of rotatable bonds is 5. The Hall–Kier alpha value is -1.06. The zero-order chi connectivity index (χ0) is 13.7. The van der Waals surface area contributed by atoms with Crippen LogP contribution in [0.1, 0.15) is 38.2 Å². The summed E-state index contributed by atoms with van der Waals surface area (Å²) in [6.07, 6.45) is 4.82. The number of nitrogens with two attached hydrogens (primary N) is 1. The van der Waals surface area contributed by atoms with Crippen LogP contribution < -0.4 is 10.5 Å². The van der Waals surface area contributed by atoms with Crippen molar-refractivity contribution in [2.45, 2.75) is 51.2 Å². The zero-order valence-electron chi connectivity index (χ0n) is 12.1. The third kappa shape index (κ3) is 3.95. The topological polar surface area (TPSA) is 38.5 Å². The number of methoxy groups -OCH3 is 1. The molecule has 0 amide bonds. The second-order valence-corrected chi connectivity index (χ2v) is 5.48. The Bertz CT molecular complexity index is 369. The number of ether oxygens (including phenoxy) is 1. The van der Waals surface area contributed by atoms with Gasteiger partial charge in [0, 0.05) is 18.6 Å². The van der Waals surface area contributed by atoms with Gasteiger partial charge in [0.15, 0.2) is 0 Å². The van der Waals surface area contributed by atoms with E-state index in [1.807, 2.05) is 12.1 Å². The maximum absolute atomic E-state index is 5.99. The molecule has 0 aliphatic heterocycles. The average molecular weight is 262 g/mol. The van der Waals surface area contributed by atoms with Crippen LogP contribution >= 0.6 is 0 Å². The fourth-order valence-electron chi connectivity index (χ4n) is 2.93. The molecule has 19 heavy (non-hydrogen) atoms. The average Bonchev–Trinajstić information content (AvgIpc) is 2.46. The van der Waals surface area contributed by atoms with Crippen molar-refractivity contribution < 1.29 is 4.74 Å². The maximum Gasteiger partial charge on any atom is 0.118 e. The minimum absolute atomic E-state index is 0.427. The molecule has 2 rings (SSSR count). The number of nitrogens with zero attached hydrogens (tertiary/aromatic N) is 1. The first-order chi connectivity index (χ1) is 9.22. The van der Waals surface area contributed by atoms with Crippen molar-refractivity contribution >= 4 is 0 Å². The molecule has 106 valence electrons. The van der Waals surface area contributed by atoms with Gasteiger partial charge in [0.05, 0.1) is 7.11 Å². The molecule has 0 unspecified atom stereocenters. The van der Waals surface area contributed by atoms with Gasteiger partial charge in [-0.2, -0.15) is 0 Å². The molecule has 1 aromatic rings. The fourth-order valence-corrected chi connectivity index (χ4v) is 2.93. The summed E-state index contributed by atoms with van der Waals surface area (Å²) in [7, 11) is 1.71. The summed E-state index contributed by atoms with van der Waals surface area (Å²) in [6.45, 7) is 4.38. The molecule has 1 aliphatic rings. The van der Waals surface area contributed by atoms with Crippen LogP contribution in [0.5, 0.6) is 5.75 Å². The molecule has 1 saturated carbocycles. The van der Waals surface area contributed by atoms with Crippen LogP contribution in [0.15, 0.2) is 24.3 Å². The van der Waals surface area contributed by atoms with Crippen LogP contribution in [-0.2, 0) is 6.54 Å². The van der Waals surface area contributed by atoms with Gasteiger partial charge in [0.1, 0.15) is 5.75 Å². The van der Waals surface area contributed by atoms with E-state index in [1.165, 1.54) is 31.2 Å². The number of benzene rings is 1. The van der Waals surface area contributed by atoms with Crippen molar-refractivity contribution in [2.24, 2.45) is 5.73 Å². The summed E-state index contributed by atoms with van der Waals surface area (Å²) in [6, 6.07) is 9.54. The minimum atomic E-state index is 0.427. The highest BCUT2D eigenvalue weighted by atomic mass is 16.5. The molecule has 0 aromatic heterocycles. The van der Waals surface area contributed by atoms with E-state index in [1.54, 1.807) is 7.11 Å². The van der Waals surface area contributed by atoms with Gasteiger partial charge in [-0.25, -0.2) is 0 Å². The van der Waals surface area contributed by atoms with Crippen molar-refractivity contribution in [3.05, 3.63) is 29.8 Å². The molecule has 2 N–H and O–H groups in total. The highest BCUT2D eigenvalue weighted by Crippen LogP contribution is 2.24. The first-order valence-electron chi connectivity index (χ1n) is 7.35. The van der Waals surface area contributed by atoms with Crippen LogP contribution in [0, 0.1) is 0 Å². The standard InChI is InChI=1S/C16H26N2O/c1-3-18(15-8-6-14(17)7-9-15)12-13-4-10-16(19-2)11-5-13/h4-5,10-11,14-15H,3,6-9,12,17H2,1-2H3. The summed E-state index contributed by atoms with van der Waals surface area (Å²) in [5.74, 6) is 0.926. The van der Waals surface area contributed by atoms with E-state index in [4.69, 9.17) is 10.5 Å². The molecular weight excluding hydrogens is 236 g/mol. The summed E-state index contributed by atoms with van der Waals surface area (Å²) in [5.41, 5.74) is 7.35. The van der Waals surface area contributed by atoms with Crippen LogP contribution in [0.4, 0.5) is 0 Å². The van der Waals surface area contributed by atoms with Gasteiger partial charge >= 0.3 is 0 Å². The SMILES string of the molecule is CCN(Cc1ccc(OC)cc1)C1CCC(N)CC1. The van der Waals surface area contributed by atoms with Crippen molar-refractivity contribution in [2.75, 3.05) is 13.7 Å². The van der Waals surface area contributed by atoms with Gasteiger partial charge in [-0.15, -0.1) is 0 Å². The molecular formula is C16H26N2O. The largest absolute Gasteiger partial charge is 0.497 e. The van der Waals surface area contributed by atoms with Gasteiger partial charge in [0.2, 0.25) is 0 Å². The zero-order valence-corrected chi connectivity index (χ0v) is 12.1. The highest BCUT2D eigenvalue weighted by molar-refractivity contribution is 5.27. The number of hydrogen-bond donors (Lipinski definition) is 1. The molecule has 0 spiro atoms. The Kier molecular flexibility index (Phi) is 5.23. The maximum atomic E-state index is 5.99. The van der Waals surface area contributed by atoms with Crippen LogP contribution in [0.25, 0.3) is 0 Å². The molecule has 0 radical (unpaired) electrons. The predicted octanol–water partition coefficient (Wildman–Crippen LogP) is 2.79. The van der Waals surface area contributed by atoms with E-state index < -0.39 is 0 Å². The lowest BCUT2D eigenvalue weighted by molar-refractivity contribution is 0.149. The normalized spacial score (nSPS) is 23.6. The summed E-state index contributed by atoms with van der Waals surface area (Å²) in [5, 5.41) is 0. The third-order valence-corrected chi connectivity index (χ3v) is 4.21. The smallest absolute Gasteiger partial charge is 0.118 e. The molecule has 1 aliphatic carbocycles. The lowest BCUT2D eigenvalue weighted by Gasteiger charge is -2.35. The van der Waals surface area contributed by atoms with E-state index in [9.17, 15) is 0 Å². The Morgan fingerprint density at radius 1 is 1.16 bits per heavy atom. The number of hydrogen-bond acceptors (Lipinski definition) is 3. The monoisotopic (exact) mass is 262 g/mol. The molecule has 3 heteroatoms. The molecule has 1 aromatic carbocycles. The minimum Gasteiger partial charge on any atom is -0.497 e. The Balaban J connectivity index is 1.94. The molecule has 0 heterocycles. The quantitative estimate of drug-likeness (QED) is 0.887. The summed E-state index contributed by atoms with van der Waals surface area (Å²) >= 11 is 0. The summed E-state index contributed by atoms with van der Waals surface area (Å²) in [4.78, 5) is 2.58. The second-order valence-electron chi connectivity index (χ2n) is 5.48. The first kappa shape index (κ1) is 14.4. The van der Waals surface area contributed by atoms with Crippen LogP contribution in [0.2, 0.25) is 0 Å². The van der Waals surface area contributed by atoms with Gasteiger partial charge in [-0.3, -0.25) is 4.90 Å². The molecule has 1 fully saturated rings. The van der Waals surface area contributed by atoms with Crippen molar-refractivity contribution in [3.63, 3.8) is 0 Å². The lowest BCUT2D eigenvalue weighted by atomic mass is 9.90. The van der Waals surface area contributed by atoms with Gasteiger partial charge < -0.3 is 10.5 Å². The fraction of sp³-hybridized carbons (Fsp3) is 0.625. The van der Waals surface area contributed by atoms with E-state index in [-0.39, 0.29) is 0 Å². The van der Waals surface area contributed by atoms with Gasteiger partial charge in [0.25, 0.3) is 0 Å². The summed E-state index contributed by atoms with van der Waals surface area (Å²) < 4.78 is 5.20. The van der Waals surface area contributed by atoms with Crippen LogP contribution in [-0.4, -0.2) is 30.6 Å². The van der Waals surface area contributed by atoms with E-state index in [2.05, 4.69) is 24.0 Å². The predicted molar refractivity (Wildman–Crippen MR) is 79.3 cm³/mol. The van der Waals surface area contributed by atoms with Crippen molar-refractivity contribution in [1.29, 1.82) is 0 Å². The third-order valence-electron chi connectivity index (χ3n) is 4.21. The Labute approximate surface area is 116 Å². The second kappa shape index (κ2) is 6.92. The molecule has 3 nitrogen and oxygen atoms in total. The van der Waals surface area contributed by atoms with Gasteiger partial charge in [-0.1, -0.05) is 19.1 Å². The van der Waals surface area contributed by atoms with E-state index in [0.717, 1.165) is 18.8 Å². The highest BCUT2D eigenvalue weighted by Gasteiger charge is 2.23. The first-order valence-corrected chi connectivity index (χ1v) is 7.35. The van der Waals surface area contributed by atoms with E-state index >= 15 is 0 Å². The molecule has 0 atom stereocenters.